The van der Waals surface area contributed by atoms with Crippen molar-refractivity contribution < 1.29 is 4.79 Å². The molecular weight excluding hydrogens is 278 g/mol. The van der Waals surface area contributed by atoms with Crippen molar-refractivity contribution in [3.05, 3.63) is 41.3 Å². The van der Waals surface area contributed by atoms with Crippen LogP contribution < -0.4 is 10.6 Å². The van der Waals surface area contributed by atoms with Gasteiger partial charge in [0.15, 0.2) is 0 Å². The summed E-state index contributed by atoms with van der Waals surface area (Å²) in [5.41, 5.74) is 2.48. The zero-order valence-electron chi connectivity index (χ0n) is 13.7. The second kappa shape index (κ2) is 6.60. The van der Waals surface area contributed by atoms with Crippen molar-refractivity contribution in [3.8, 4) is 0 Å². The van der Waals surface area contributed by atoms with Crippen LogP contribution in [0.5, 0.6) is 0 Å². The third kappa shape index (κ3) is 3.63. The predicted molar refractivity (Wildman–Crippen MR) is 86.8 cm³/mol. The Morgan fingerprint density at radius 3 is 2.64 bits per heavy atom. The van der Waals surface area contributed by atoms with E-state index in [0.717, 1.165) is 11.3 Å². The molecule has 2 aromatic heterocycles. The first kappa shape index (κ1) is 16.0. The van der Waals surface area contributed by atoms with Gasteiger partial charge in [-0.2, -0.15) is 5.10 Å². The van der Waals surface area contributed by atoms with Crippen LogP contribution in [0.1, 0.15) is 48.4 Å². The van der Waals surface area contributed by atoms with Gasteiger partial charge in [0.1, 0.15) is 5.82 Å². The molecule has 0 fully saturated rings. The monoisotopic (exact) mass is 301 g/mol. The minimum Gasteiger partial charge on any atom is -0.367 e. The Kier molecular flexibility index (Phi) is 4.80. The van der Waals surface area contributed by atoms with E-state index < -0.39 is 0 Å². The highest BCUT2D eigenvalue weighted by Gasteiger charge is 2.18. The fourth-order valence-electron chi connectivity index (χ4n) is 2.37. The number of rotatable bonds is 5. The van der Waals surface area contributed by atoms with Gasteiger partial charge in [-0.05, 0) is 39.8 Å². The van der Waals surface area contributed by atoms with E-state index >= 15 is 0 Å². The normalized spacial score (nSPS) is 12.3. The van der Waals surface area contributed by atoms with Crippen LogP contribution in [0.4, 0.5) is 5.82 Å². The highest BCUT2D eigenvalue weighted by atomic mass is 16.1. The highest BCUT2D eigenvalue weighted by molar-refractivity contribution is 5.98. The van der Waals surface area contributed by atoms with Crippen molar-refractivity contribution >= 4 is 11.7 Å². The van der Waals surface area contributed by atoms with Gasteiger partial charge >= 0.3 is 0 Å². The molecule has 118 valence electrons. The first-order valence-electron chi connectivity index (χ1n) is 7.41. The number of nitrogens with zero attached hydrogens (tertiary/aromatic N) is 3. The molecule has 0 unspecified atom stereocenters. The lowest BCUT2D eigenvalue weighted by atomic mass is 10.1. The van der Waals surface area contributed by atoms with Crippen LogP contribution in [-0.2, 0) is 7.05 Å². The first-order chi connectivity index (χ1) is 10.4. The standard InChI is InChI=1S/C16H23N5O/c1-10(2)18-15-13(7-6-8-17-15)16(22)19-11(3)14-9-21(5)20-12(14)4/h6-11H,1-5H3,(H,17,18)(H,19,22)/t11-/m1/s1. The van der Waals surface area contributed by atoms with Crippen LogP contribution in [0.3, 0.4) is 0 Å². The molecule has 2 heterocycles. The number of nitrogens with one attached hydrogen (secondary N) is 2. The van der Waals surface area contributed by atoms with Crippen LogP contribution in [0.15, 0.2) is 24.5 Å². The van der Waals surface area contributed by atoms with E-state index in [2.05, 4.69) is 20.7 Å². The number of aryl methyl sites for hydroxylation is 2. The molecule has 0 saturated heterocycles. The molecule has 0 spiro atoms. The molecule has 6 nitrogen and oxygen atoms in total. The van der Waals surface area contributed by atoms with Crippen molar-refractivity contribution in [2.24, 2.45) is 7.05 Å². The van der Waals surface area contributed by atoms with Crippen molar-refractivity contribution in [1.82, 2.24) is 20.1 Å². The largest absolute Gasteiger partial charge is 0.367 e. The molecule has 0 bridgehead atoms. The SMILES string of the molecule is Cc1nn(C)cc1[C@@H](C)NC(=O)c1cccnc1NC(C)C. The molecule has 0 aromatic carbocycles. The lowest BCUT2D eigenvalue weighted by Crippen LogP contribution is -2.28. The molecule has 0 aliphatic rings. The molecule has 6 heteroatoms. The smallest absolute Gasteiger partial charge is 0.255 e. The molecule has 22 heavy (non-hydrogen) atoms. The number of amides is 1. The van der Waals surface area contributed by atoms with E-state index in [4.69, 9.17) is 0 Å². The topological polar surface area (TPSA) is 71.8 Å². The summed E-state index contributed by atoms with van der Waals surface area (Å²) in [6.07, 6.45) is 3.60. The molecule has 0 saturated carbocycles. The number of hydrogen-bond donors (Lipinski definition) is 2. The molecule has 1 amide bonds. The average molecular weight is 301 g/mol. The minimum atomic E-state index is -0.146. The van der Waals surface area contributed by atoms with Crippen LogP contribution in [-0.4, -0.2) is 26.7 Å². The average Bonchev–Trinajstić information content (AvgIpc) is 2.77. The summed E-state index contributed by atoms with van der Waals surface area (Å²) < 4.78 is 1.75. The summed E-state index contributed by atoms with van der Waals surface area (Å²) in [5, 5.41) is 10.5. The van der Waals surface area contributed by atoms with Crippen molar-refractivity contribution in [1.29, 1.82) is 0 Å². The fraction of sp³-hybridized carbons (Fsp3) is 0.438. The Hall–Kier alpha value is -2.37. The molecule has 1 atom stereocenters. The highest BCUT2D eigenvalue weighted by Crippen LogP contribution is 2.18. The molecule has 2 N–H and O–H groups in total. The number of pyridine rings is 1. The zero-order chi connectivity index (χ0) is 16.3. The Labute approximate surface area is 130 Å². The van der Waals surface area contributed by atoms with Crippen LogP contribution in [0, 0.1) is 6.92 Å². The zero-order valence-corrected chi connectivity index (χ0v) is 13.7. The molecule has 2 rings (SSSR count). The summed E-state index contributed by atoms with van der Waals surface area (Å²) >= 11 is 0. The second-order valence-corrected chi connectivity index (χ2v) is 5.74. The fourth-order valence-corrected chi connectivity index (χ4v) is 2.37. The van der Waals surface area contributed by atoms with Crippen molar-refractivity contribution in [2.75, 3.05) is 5.32 Å². The Morgan fingerprint density at radius 2 is 2.05 bits per heavy atom. The van der Waals surface area contributed by atoms with E-state index in [9.17, 15) is 4.79 Å². The van der Waals surface area contributed by atoms with Crippen LogP contribution >= 0.6 is 0 Å². The minimum absolute atomic E-state index is 0.117. The van der Waals surface area contributed by atoms with E-state index in [0.29, 0.717) is 11.4 Å². The number of carbonyl (C=O) groups excluding carboxylic acids is 1. The van der Waals surface area contributed by atoms with Gasteiger partial charge in [0.25, 0.3) is 5.91 Å². The summed E-state index contributed by atoms with van der Waals surface area (Å²) in [5.74, 6) is 0.456. The predicted octanol–water partition coefficient (Wildman–Crippen LogP) is 2.43. The van der Waals surface area contributed by atoms with E-state index in [-0.39, 0.29) is 18.0 Å². The Morgan fingerprint density at radius 1 is 1.32 bits per heavy atom. The number of anilines is 1. The second-order valence-electron chi connectivity index (χ2n) is 5.74. The van der Waals surface area contributed by atoms with Gasteiger partial charge in [-0.15, -0.1) is 0 Å². The third-order valence-electron chi connectivity index (χ3n) is 3.34. The number of aromatic nitrogens is 3. The summed E-state index contributed by atoms with van der Waals surface area (Å²) in [6.45, 7) is 7.91. The van der Waals surface area contributed by atoms with Gasteiger partial charge in [-0.25, -0.2) is 4.98 Å². The maximum absolute atomic E-state index is 12.5. The summed E-state index contributed by atoms with van der Waals surface area (Å²) in [6, 6.07) is 3.63. The Balaban J connectivity index is 2.17. The summed E-state index contributed by atoms with van der Waals surface area (Å²) in [7, 11) is 1.87. The van der Waals surface area contributed by atoms with Gasteiger partial charge in [0.05, 0.1) is 17.3 Å². The lowest BCUT2D eigenvalue weighted by molar-refractivity contribution is 0.0940. The Bertz CT molecular complexity index is 662. The van der Waals surface area contributed by atoms with Gasteiger partial charge < -0.3 is 10.6 Å². The van der Waals surface area contributed by atoms with Crippen molar-refractivity contribution in [3.63, 3.8) is 0 Å². The number of carbonyl (C=O) groups is 1. The third-order valence-corrected chi connectivity index (χ3v) is 3.34. The first-order valence-corrected chi connectivity index (χ1v) is 7.41. The van der Waals surface area contributed by atoms with Gasteiger partial charge in [0, 0.05) is 31.0 Å². The molecular formula is C16H23N5O. The lowest BCUT2D eigenvalue weighted by Gasteiger charge is -2.16. The van der Waals surface area contributed by atoms with Crippen LogP contribution in [0.25, 0.3) is 0 Å². The maximum Gasteiger partial charge on any atom is 0.255 e. The van der Waals surface area contributed by atoms with Gasteiger partial charge in [0.2, 0.25) is 0 Å². The van der Waals surface area contributed by atoms with Crippen LogP contribution in [0.2, 0.25) is 0 Å². The van der Waals surface area contributed by atoms with Gasteiger partial charge in [-0.1, -0.05) is 0 Å². The molecule has 2 aromatic rings. The quantitative estimate of drug-likeness (QED) is 0.889. The van der Waals surface area contributed by atoms with E-state index in [1.807, 2.05) is 40.9 Å². The van der Waals surface area contributed by atoms with Gasteiger partial charge in [-0.3, -0.25) is 9.48 Å². The molecule has 0 aliphatic heterocycles. The number of hydrogen-bond acceptors (Lipinski definition) is 4. The molecule has 0 aliphatic carbocycles. The van der Waals surface area contributed by atoms with E-state index in [1.54, 1.807) is 23.0 Å². The van der Waals surface area contributed by atoms with Crippen molar-refractivity contribution in [2.45, 2.75) is 39.8 Å². The maximum atomic E-state index is 12.5. The van der Waals surface area contributed by atoms with E-state index in [1.165, 1.54) is 0 Å². The molecule has 0 radical (unpaired) electrons. The summed E-state index contributed by atoms with van der Waals surface area (Å²) in [4.78, 5) is 16.8.